The number of benzene rings is 4. The van der Waals surface area contributed by atoms with Crippen LogP contribution in [-0.4, -0.2) is 30.5 Å². The summed E-state index contributed by atoms with van der Waals surface area (Å²) in [6.07, 6.45) is 1.89. The first kappa shape index (κ1) is 27.4. The molecule has 1 unspecified atom stereocenters. The second kappa shape index (κ2) is 11.7. The molecular formula is C34H28ClN7O2. The van der Waals surface area contributed by atoms with Crippen molar-refractivity contribution in [1.82, 2.24) is 24.5 Å². The van der Waals surface area contributed by atoms with Gasteiger partial charge in [0, 0.05) is 5.70 Å². The molecule has 4 aromatic carbocycles. The van der Waals surface area contributed by atoms with E-state index in [1.54, 1.807) is 16.8 Å². The molecule has 0 aliphatic carbocycles. The highest BCUT2D eigenvalue weighted by Crippen LogP contribution is 2.40. The predicted molar refractivity (Wildman–Crippen MR) is 171 cm³/mol. The summed E-state index contributed by atoms with van der Waals surface area (Å²) in [5.74, 6) is 1.09. The van der Waals surface area contributed by atoms with Gasteiger partial charge in [0.05, 0.1) is 46.1 Å². The Balaban J connectivity index is 1.16. The maximum Gasteiger partial charge on any atom is 0.255 e. The summed E-state index contributed by atoms with van der Waals surface area (Å²) >= 11 is 6.38. The van der Waals surface area contributed by atoms with E-state index in [2.05, 4.69) is 37.6 Å². The molecule has 0 fully saturated rings. The topological polar surface area (TPSA) is 98.9 Å². The quantitative estimate of drug-likeness (QED) is 0.198. The molecule has 3 heterocycles. The van der Waals surface area contributed by atoms with Crippen molar-refractivity contribution >= 4 is 40.2 Å². The Morgan fingerprint density at radius 1 is 0.955 bits per heavy atom. The van der Waals surface area contributed by atoms with Crippen LogP contribution >= 0.6 is 11.6 Å². The van der Waals surface area contributed by atoms with Crippen molar-refractivity contribution < 1.29 is 9.53 Å². The number of nitrogens with one attached hydrogen (secondary N) is 2. The van der Waals surface area contributed by atoms with Gasteiger partial charge in [-0.2, -0.15) is 0 Å². The van der Waals surface area contributed by atoms with Gasteiger partial charge in [-0.05, 0) is 54.4 Å². The zero-order valence-electron chi connectivity index (χ0n) is 23.8. The fourth-order valence-corrected chi connectivity index (χ4v) is 5.66. The maximum absolute atomic E-state index is 13.9. The van der Waals surface area contributed by atoms with Crippen LogP contribution in [0.3, 0.4) is 0 Å². The van der Waals surface area contributed by atoms with Crippen molar-refractivity contribution in [1.29, 1.82) is 0 Å². The van der Waals surface area contributed by atoms with E-state index < -0.39 is 6.04 Å². The number of anilines is 2. The number of imidazole rings is 1. The molecule has 1 aliphatic rings. The van der Waals surface area contributed by atoms with Gasteiger partial charge in [-0.25, -0.2) is 9.67 Å². The van der Waals surface area contributed by atoms with Crippen molar-refractivity contribution in [2.75, 3.05) is 10.6 Å². The van der Waals surface area contributed by atoms with Gasteiger partial charge in [0.1, 0.15) is 18.1 Å². The number of carbonyl (C=O) groups is 1. The van der Waals surface area contributed by atoms with Gasteiger partial charge in [0.15, 0.2) is 0 Å². The second-order valence-corrected chi connectivity index (χ2v) is 11.0. The smallest absolute Gasteiger partial charge is 0.255 e. The van der Waals surface area contributed by atoms with Crippen molar-refractivity contribution in [3.8, 4) is 5.75 Å². The van der Waals surface area contributed by atoms with Crippen LogP contribution in [0.4, 0.5) is 11.6 Å². The molecule has 0 bridgehead atoms. The van der Waals surface area contributed by atoms with Crippen molar-refractivity contribution in [3.05, 3.63) is 142 Å². The molecule has 2 N–H and O–H groups in total. The van der Waals surface area contributed by atoms with Crippen LogP contribution in [0.25, 0.3) is 11.0 Å². The normalized spacial score (nSPS) is 14.3. The molecule has 218 valence electrons. The number of fused-ring (bicyclic) bond motifs is 3. The first-order chi connectivity index (χ1) is 21.5. The van der Waals surface area contributed by atoms with E-state index in [4.69, 9.17) is 21.3 Å². The Morgan fingerprint density at radius 3 is 2.52 bits per heavy atom. The van der Waals surface area contributed by atoms with Crippen LogP contribution < -0.4 is 15.4 Å². The highest BCUT2D eigenvalue weighted by atomic mass is 35.5. The van der Waals surface area contributed by atoms with Crippen LogP contribution in [0.1, 0.15) is 29.8 Å². The van der Waals surface area contributed by atoms with Crippen LogP contribution in [0, 0.1) is 0 Å². The SMILES string of the molecule is CC1=C(C(=O)Nc2ccccc2Cl)C(c2ccc(OCc3cn(Cc4ccccc4)nn3)cc2)n2c(nc3ccccc32)N1. The molecule has 44 heavy (non-hydrogen) atoms. The van der Waals surface area contributed by atoms with E-state index in [0.717, 1.165) is 27.9 Å². The lowest BCUT2D eigenvalue weighted by Gasteiger charge is -2.31. The molecule has 10 heteroatoms. The molecule has 1 amide bonds. The van der Waals surface area contributed by atoms with Crippen LogP contribution in [-0.2, 0) is 17.9 Å². The Kier molecular flexibility index (Phi) is 7.29. The van der Waals surface area contributed by atoms with Gasteiger partial charge in [0.2, 0.25) is 5.95 Å². The van der Waals surface area contributed by atoms with Gasteiger partial charge < -0.3 is 15.4 Å². The lowest BCUT2D eigenvalue weighted by atomic mass is 9.94. The molecule has 0 radical (unpaired) electrons. The number of amides is 1. The van der Waals surface area contributed by atoms with Gasteiger partial charge in [0.25, 0.3) is 5.91 Å². The number of halogens is 1. The van der Waals surface area contributed by atoms with Crippen LogP contribution in [0.15, 0.2) is 121 Å². The summed E-state index contributed by atoms with van der Waals surface area (Å²) in [5, 5.41) is 15.3. The summed E-state index contributed by atoms with van der Waals surface area (Å²) in [6.45, 7) is 2.81. The zero-order valence-corrected chi connectivity index (χ0v) is 24.6. The van der Waals surface area contributed by atoms with Gasteiger partial charge in [-0.1, -0.05) is 83.5 Å². The Hall–Kier alpha value is -5.41. The van der Waals surface area contributed by atoms with Crippen molar-refractivity contribution in [2.24, 2.45) is 0 Å². The molecule has 1 atom stereocenters. The minimum absolute atomic E-state index is 0.254. The third-order valence-electron chi connectivity index (χ3n) is 7.55. The van der Waals surface area contributed by atoms with Crippen LogP contribution in [0.2, 0.25) is 5.02 Å². The Morgan fingerprint density at radius 2 is 1.70 bits per heavy atom. The highest BCUT2D eigenvalue weighted by molar-refractivity contribution is 6.34. The minimum atomic E-state index is -0.451. The number of para-hydroxylation sites is 3. The fourth-order valence-electron chi connectivity index (χ4n) is 5.48. The molecular weight excluding hydrogens is 574 g/mol. The van der Waals surface area contributed by atoms with Gasteiger partial charge in [-0.3, -0.25) is 9.36 Å². The summed E-state index contributed by atoms with van der Waals surface area (Å²) in [5.41, 5.74) is 6.34. The fraction of sp³-hybridized carbons (Fsp3) is 0.118. The average Bonchev–Trinajstić information content (AvgIpc) is 3.65. The lowest BCUT2D eigenvalue weighted by molar-refractivity contribution is -0.113. The summed E-state index contributed by atoms with van der Waals surface area (Å²) in [4.78, 5) is 18.7. The van der Waals surface area contributed by atoms with E-state index in [1.165, 1.54) is 0 Å². The molecule has 2 aromatic heterocycles. The second-order valence-electron chi connectivity index (χ2n) is 10.5. The third kappa shape index (κ3) is 5.41. The molecule has 0 saturated carbocycles. The molecule has 0 saturated heterocycles. The van der Waals surface area contributed by atoms with Gasteiger partial charge >= 0.3 is 0 Å². The van der Waals surface area contributed by atoms with E-state index in [1.807, 2.05) is 92.0 Å². The molecule has 6 aromatic rings. The number of ether oxygens (including phenoxy) is 1. The molecule has 7 rings (SSSR count). The number of hydrogen-bond acceptors (Lipinski definition) is 6. The summed E-state index contributed by atoms with van der Waals surface area (Å²) in [7, 11) is 0. The number of rotatable bonds is 8. The number of nitrogens with zero attached hydrogens (tertiary/aromatic N) is 5. The zero-order chi connectivity index (χ0) is 30.0. The van der Waals surface area contributed by atoms with E-state index in [0.29, 0.717) is 40.2 Å². The number of carbonyl (C=O) groups excluding carboxylic acids is 1. The summed E-state index contributed by atoms with van der Waals surface area (Å²) in [6, 6.07) is 32.5. The molecule has 9 nitrogen and oxygen atoms in total. The largest absolute Gasteiger partial charge is 0.487 e. The highest BCUT2D eigenvalue weighted by Gasteiger charge is 2.34. The van der Waals surface area contributed by atoms with Crippen LogP contribution in [0.5, 0.6) is 5.75 Å². The lowest BCUT2D eigenvalue weighted by Crippen LogP contribution is -2.31. The number of allylic oxidation sites excluding steroid dienone is 1. The summed E-state index contributed by atoms with van der Waals surface area (Å²) < 4.78 is 9.91. The first-order valence-electron chi connectivity index (χ1n) is 14.2. The Labute approximate surface area is 258 Å². The van der Waals surface area contributed by atoms with E-state index in [-0.39, 0.29) is 12.5 Å². The third-order valence-corrected chi connectivity index (χ3v) is 7.88. The van der Waals surface area contributed by atoms with Gasteiger partial charge in [-0.15, -0.1) is 5.10 Å². The predicted octanol–water partition coefficient (Wildman–Crippen LogP) is 6.84. The van der Waals surface area contributed by atoms with Crippen molar-refractivity contribution in [2.45, 2.75) is 26.1 Å². The Bertz CT molecular complexity index is 2000. The minimum Gasteiger partial charge on any atom is -0.487 e. The number of aromatic nitrogens is 5. The van der Waals surface area contributed by atoms with E-state index in [9.17, 15) is 4.79 Å². The maximum atomic E-state index is 13.9. The molecule has 0 spiro atoms. The standard InChI is InChI=1S/C34H28ClN7O2/c1-22-31(33(43)37-28-12-6-5-11-27(28)35)32(42-30-14-8-7-13-29(30)38-34(42)36-22)24-15-17-26(18-16-24)44-21-25-20-41(40-39-25)19-23-9-3-2-4-10-23/h2-18,20,32H,19,21H2,1H3,(H,36,38)(H,37,43). The first-order valence-corrected chi connectivity index (χ1v) is 14.6. The van der Waals surface area contributed by atoms with Crippen molar-refractivity contribution in [3.63, 3.8) is 0 Å². The molecule has 1 aliphatic heterocycles. The number of hydrogen-bond donors (Lipinski definition) is 2. The van der Waals surface area contributed by atoms with E-state index >= 15 is 0 Å². The monoisotopic (exact) mass is 601 g/mol. The average molecular weight is 602 g/mol.